The highest BCUT2D eigenvalue weighted by Gasteiger charge is 2.36. The minimum absolute atomic E-state index is 0.0922. The Bertz CT molecular complexity index is 1810. The lowest BCUT2D eigenvalue weighted by molar-refractivity contribution is 0.271. The summed E-state index contributed by atoms with van der Waals surface area (Å²) in [6.45, 7) is 7.82. The number of likely N-dealkylation sites (tertiary alicyclic amines) is 1. The summed E-state index contributed by atoms with van der Waals surface area (Å²) in [5.74, 6) is 1.76. The lowest BCUT2D eigenvalue weighted by atomic mass is 9.81. The van der Waals surface area contributed by atoms with E-state index in [9.17, 15) is 5.26 Å². The molecule has 2 aliphatic heterocycles. The molecule has 47 heavy (non-hydrogen) atoms. The Labute approximate surface area is 282 Å². The van der Waals surface area contributed by atoms with E-state index in [1.807, 2.05) is 4.68 Å². The number of hydrogen-bond acceptors (Lipinski definition) is 11. The van der Waals surface area contributed by atoms with Gasteiger partial charge < -0.3 is 24.8 Å². The third kappa shape index (κ3) is 5.90. The van der Waals surface area contributed by atoms with Crippen molar-refractivity contribution in [3.05, 3.63) is 27.3 Å². The molecule has 3 aliphatic rings. The molecule has 4 radical (unpaired) electrons. The second kappa shape index (κ2) is 13.2. The van der Waals surface area contributed by atoms with E-state index >= 15 is 0 Å². The quantitative estimate of drug-likeness (QED) is 0.253. The van der Waals surface area contributed by atoms with Gasteiger partial charge in [0, 0.05) is 41.4 Å². The number of anilines is 2. The van der Waals surface area contributed by atoms with Crippen LogP contribution >= 0.6 is 11.3 Å². The summed E-state index contributed by atoms with van der Waals surface area (Å²) in [5, 5.41) is 20.9. The van der Waals surface area contributed by atoms with Gasteiger partial charge in [-0.15, -0.1) is 16.4 Å². The number of nitriles is 1. The van der Waals surface area contributed by atoms with Crippen molar-refractivity contribution in [1.82, 2.24) is 29.8 Å². The van der Waals surface area contributed by atoms with Gasteiger partial charge in [-0.25, -0.2) is 14.6 Å². The number of hydrogen-bond donors (Lipinski definition) is 1. The molecule has 7 rings (SSSR count). The van der Waals surface area contributed by atoms with Crippen LogP contribution in [0, 0.1) is 17.2 Å². The first kappa shape index (κ1) is 32.0. The van der Waals surface area contributed by atoms with Gasteiger partial charge in [0.25, 0.3) is 0 Å². The van der Waals surface area contributed by atoms with Gasteiger partial charge in [-0.1, -0.05) is 25.4 Å². The summed E-state index contributed by atoms with van der Waals surface area (Å²) in [5.41, 5.74) is 10.2. The van der Waals surface area contributed by atoms with Crippen molar-refractivity contribution in [2.24, 2.45) is 5.92 Å². The summed E-state index contributed by atoms with van der Waals surface area (Å²) in [7, 11) is 14.1. The van der Waals surface area contributed by atoms with Crippen LogP contribution in [0.5, 0.6) is 5.88 Å². The number of ether oxygens (including phenoxy) is 1. The van der Waals surface area contributed by atoms with E-state index in [0.717, 1.165) is 110 Å². The summed E-state index contributed by atoms with van der Waals surface area (Å²) in [6, 6.07) is 2.70. The van der Waals surface area contributed by atoms with Crippen molar-refractivity contribution in [2.45, 2.75) is 96.0 Å². The van der Waals surface area contributed by atoms with Gasteiger partial charge in [-0.05, 0) is 76.4 Å². The molecule has 4 aromatic rings. The Kier molecular flexibility index (Phi) is 8.96. The number of rotatable bonds is 9. The molecule has 3 unspecified atom stereocenters. The number of aromatic nitrogens is 5. The van der Waals surface area contributed by atoms with E-state index in [1.54, 1.807) is 0 Å². The third-order valence-electron chi connectivity index (χ3n) is 10.1. The van der Waals surface area contributed by atoms with E-state index in [2.05, 4.69) is 41.9 Å². The number of aryl methyl sites for hydroxylation is 1. The van der Waals surface area contributed by atoms with Crippen LogP contribution in [0.3, 0.4) is 0 Å². The number of nitrogens with two attached hydrogens (primary N) is 1. The molecule has 0 amide bonds. The molecule has 4 aromatic heterocycles. The van der Waals surface area contributed by atoms with Crippen molar-refractivity contribution in [3.8, 4) is 23.5 Å². The molecule has 14 heteroatoms. The normalized spacial score (nSPS) is 21.9. The molecule has 2 fully saturated rings. The second-order valence-electron chi connectivity index (χ2n) is 13.5. The number of fused-ring (bicyclic) bond motifs is 2. The predicted octanol–water partition coefficient (Wildman–Crippen LogP) is 4.75. The molecular weight excluding hydrogens is 608 g/mol. The molecule has 0 saturated carbocycles. The van der Waals surface area contributed by atoms with Crippen LogP contribution in [0.15, 0.2) is 4.52 Å². The van der Waals surface area contributed by atoms with Crippen LogP contribution in [0.25, 0.3) is 22.6 Å². The minimum atomic E-state index is -1.04. The smallest absolute Gasteiger partial charge is 0.245 e. The van der Waals surface area contributed by atoms with Crippen LogP contribution in [-0.4, -0.2) is 84.1 Å². The molecule has 6 heterocycles. The van der Waals surface area contributed by atoms with E-state index < -0.39 is 5.90 Å². The zero-order valence-electron chi connectivity index (χ0n) is 27.5. The van der Waals surface area contributed by atoms with Crippen molar-refractivity contribution in [1.29, 1.82) is 5.26 Å². The number of piperidine rings is 1. The molecule has 3 atom stereocenters. The van der Waals surface area contributed by atoms with Gasteiger partial charge in [0.05, 0.1) is 12.1 Å². The maximum absolute atomic E-state index is 10.1. The fourth-order valence-corrected chi connectivity index (χ4v) is 8.98. The van der Waals surface area contributed by atoms with Gasteiger partial charge in [0.2, 0.25) is 5.88 Å². The Balaban J connectivity index is 1.39. The number of thiophene rings is 1. The Hall–Kier alpha value is -3.56. The van der Waals surface area contributed by atoms with Crippen LogP contribution in [0.4, 0.5) is 10.8 Å². The zero-order valence-corrected chi connectivity index (χ0v) is 28.4. The van der Waals surface area contributed by atoms with Crippen LogP contribution in [0.2, 0.25) is 0 Å². The molecule has 2 N–H and O–H groups in total. The highest BCUT2D eigenvalue weighted by molar-refractivity contribution is 7.16. The number of likely N-dealkylation sites (N-methyl/N-ethyl adjacent to an activating group) is 1. The van der Waals surface area contributed by atoms with E-state index in [0.29, 0.717) is 52.1 Å². The van der Waals surface area contributed by atoms with E-state index in [1.165, 1.54) is 11.3 Å². The largest absolute Gasteiger partial charge is 0.493 e. The summed E-state index contributed by atoms with van der Waals surface area (Å²) in [4.78, 5) is 16.2. The van der Waals surface area contributed by atoms with Crippen LogP contribution in [-0.2, 0) is 19.4 Å². The van der Waals surface area contributed by atoms with Crippen molar-refractivity contribution >= 4 is 48.9 Å². The number of nitrogens with zero attached hydrogens (tertiary/aromatic N) is 8. The van der Waals surface area contributed by atoms with Gasteiger partial charge in [0.15, 0.2) is 17.2 Å². The molecule has 242 valence electrons. The molecular formula is C33H41B2N9O2S. The first-order chi connectivity index (χ1) is 22.8. The van der Waals surface area contributed by atoms with Crippen LogP contribution in [0.1, 0.15) is 92.0 Å². The highest BCUT2D eigenvalue weighted by atomic mass is 32.1. The average molecular weight is 649 g/mol. The minimum Gasteiger partial charge on any atom is -0.493 e. The van der Waals surface area contributed by atoms with Crippen molar-refractivity contribution < 1.29 is 9.26 Å². The monoisotopic (exact) mass is 649 g/mol. The fourth-order valence-electron chi connectivity index (χ4n) is 7.80. The third-order valence-corrected chi connectivity index (χ3v) is 11.1. The Morgan fingerprint density at radius 2 is 2.00 bits per heavy atom. The Morgan fingerprint density at radius 3 is 2.72 bits per heavy atom. The van der Waals surface area contributed by atoms with Gasteiger partial charge in [0.1, 0.15) is 43.7 Å². The lowest BCUT2D eigenvalue weighted by Crippen LogP contribution is -2.35. The molecule has 2 saturated heterocycles. The van der Waals surface area contributed by atoms with Gasteiger partial charge in [-0.3, -0.25) is 0 Å². The van der Waals surface area contributed by atoms with Gasteiger partial charge in [-0.2, -0.15) is 5.26 Å². The fraction of sp³-hybridized carbons (Fsp3) is 0.606. The number of nitrogen functional groups attached to an aromatic ring is 1. The van der Waals surface area contributed by atoms with Crippen molar-refractivity contribution in [2.75, 3.05) is 37.3 Å². The molecule has 11 nitrogen and oxygen atoms in total. The first-order valence-corrected chi connectivity index (χ1v) is 17.8. The van der Waals surface area contributed by atoms with Crippen molar-refractivity contribution in [3.63, 3.8) is 0 Å². The maximum atomic E-state index is 10.1. The highest BCUT2D eigenvalue weighted by Crippen LogP contribution is 2.47. The molecule has 0 aromatic carbocycles. The van der Waals surface area contributed by atoms with Gasteiger partial charge >= 0.3 is 0 Å². The van der Waals surface area contributed by atoms with E-state index in [4.69, 9.17) is 45.8 Å². The summed E-state index contributed by atoms with van der Waals surface area (Å²) < 4.78 is 14.1. The molecule has 0 bridgehead atoms. The Morgan fingerprint density at radius 1 is 1.17 bits per heavy atom. The SMILES string of the molecule is [B]C([B])Oc1nn(CC2CCCN2C)c2nc(-c3noc4c3CCCC4c3c(CCC)sc(N)c3C#N)nc(N3CCCC(C)C3)c12. The lowest BCUT2D eigenvalue weighted by Gasteiger charge is -2.32. The first-order valence-electron chi connectivity index (χ1n) is 17.0. The maximum Gasteiger partial charge on any atom is 0.245 e. The summed E-state index contributed by atoms with van der Waals surface area (Å²) in [6.07, 6.45) is 8.85. The molecule has 1 aliphatic carbocycles. The molecule has 0 spiro atoms. The topological polar surface area (TPSA) is 135 Å². The van der Waals surface area contributed by atoms with Crippen LogP contribution < -0.4 is 15.4 Å². The standard InChI is InChI=1S/C33H41B2N9O2S/c1-4-8-23-24(22(15-36)28(37)47-23)20-11-5-12-21-26(41-46-27(20)21)29-38-30(43-14-6-9-18(2)16-43)25-31(39-29)44(40-32(25)45-33(34)35)17-19-10-7-13-42(19)3/h18-20,33H,4-14,16-17,37H2,1-3H3. The van der Waals surface area contributed by atoms with E-state index in [-0.39, 0.29) is 5.92 Å². The second-order valence-corrected chi connectivity index (χ2v) is 14.6. The predicted molar refractivity (Wildman–Crippen MR) is 185 cm³/mol. The average Bonchev–Trinajstić information content (AvgIpc) is 3.82. The zero-order chi connectivity index (χ0) is 32.8. The summed E-state index contributed by atoms with van der Waals surface area (Å²) >= 11 is 1.52.